The first-order chi connectivity index (χ1) is 14.3. The van der Waals surface area contributed by atoms with Gasteiger partial charge < -0.3 is 37.0 Å². The minimum absolute atomic E-state index is 0.272. The highest BCUT2D eigenvalue weighted by atomic mass is 32.1. The Morgan fingerprint density at radius 1 is 0.806 bits per heavy atom. The summed E-state index contributed by atoms with van der Waals surface area (Å²) in [6.07, 6.45) is -1.79. The van der Waals surface area contributed by atoms with Crippen LogP contribution >= 0.6 is 12.6 Å². The maximum Gasteiger partial charge on any atom is 0.327 e. The fourth-order valence-corrected chi connectivity index (χ4v) is 2.47. The van der Waals surface area contributed by atoms with Crippen molar-refractivity contribution in [2.24, 2.45) is 11.7 Å². The quantitative estimate of drug-likeness (QED) is 0.129. The molecule has 0 saturated heterocycles. The minimum Gasteiger partial charge on any atom is -0.481 e. The summed E-state index contributed by atoms with van der Waals surface area (Å²) < 4.78 is 0. The fourth-order valence-electron chi connectivity index (χ4n) is 2.22. The second-order valence-electron chi connectivity index (χ2n) is 7.00. The van der Waals surface area contributed by atoms with Crippen molar-refractivity contribution in [3.8, 4) is 0 Å². The Hall–Kier alpha value is -2.87. The second kappa shape index (κ2) is 13.4. The van der Waals surface area contributed by atoms with Crippen LogP contribution in [0.4, 0.5) is 0 Å². The lowest BCUT2D eigenvalue weighted by molar-refractivity contribution is -0.143. The highest BCUT2D eigenvalue weighted by Crippen LogP contribution is 2.04. The van der Waals surface area contributed by atoms with Gasteiger partial charge in [0.1, 0.15) is 18.1 Å². The Bertz CT molecular complexity index is 701. The van der Waals surface area contributed by atoms with Crippen LogP contribution in [0.3, 0.4) is 0 Å². The first kappa shape index (κ1) is 28.1. The summed E-state index contributed by atoms with van der Waals surface area (Å²) in [5, 5.41) is 33.4. The Balaban J connectivity index is 5.51. The van der Waals surface area contributed by atoms with Gasteiger partial charge in [-0.2, -0.15) is 12.6 Å². The summed E-state index contributed by atoms with van der Waals surface area (Å²) >= 11 is 3.79. The number of carboxylic acids is 3. The Kier molecular flexibility index (Phi) is 12.2. The van der Waals surface area contributed by atoms with Crippen molar-refractivity contribution in [1.29, 1.82) is 0 Å². The van der Waals surface area contributed by atoms with Crippen molar-refractivity contribution >= 4 is 48.3 Å². The molecule has 0 aromatic carbocycles. The van der Waals surface area contributed by atoms with Crippen LogP contribution in [0, 0.1) is 5.92 Å². The molecule has 0 rings (SSSR count). The van der Waals surface area contributed by atoms with Gasteiger partial charge in [0.05, 0.1) is 12.5 Å². The molecule has 31 heavy (non-hydrogen) atoms. The molecule has 13 nitrogen and oxygen atoms in total. The average Bonchev–Trinajstić information content (AvgIpc) is 2.66. The van der Waals surface area contributed by atoms with Gasteiger partial charge in [-0.05, 0) is 12.3 Å². The number of hydrogen-bond acceptors (Lipinski definition) is 8. The van der Waals surface area contributed by atoms with E-state index in [0.717, 1.165) is 0 Å². The van der Waals surface area contributed by atoms with Gasteiger partial charge in [0.25, 0.3) is 0 Å². The van der Waals surface area contributed by atoms with Crippen molar-refractivity contribution < 1.29 is 44.1 Å². The third-order valence-electron chi connectivity index (χ3n) is 4.11. The SMILES string of the molecule is CC(C)C(N)C(=O)NC(CC(=O)O)C(=O)NC(CCC(=O)O)C(=O)NC(CS)C(=O)O. The van der Waals surface area contributed by atoms with Gasteiger partial charge in [0.2, 0.25) is 17.7 Å². The summed E-state index contributed by atoms with van der Waals surface area (Å²) in [5.74, 6) is -7.55. The van der Waals surface area contributed by atoms with E-state index in [2.05, 4.69) is 28.6 Å². The summed E-state index contributed by atoms with van der Waals surface area (Å²) in [4.78, 5) is 70.1. The molecule has 0 spiro atoms. The van der Waals surface area contributed by atoms with Crippen LogP contribution in [0.2, 0.25) is 0 Å². The molecular formula is C17H28N4O9S. The second-order valence-corrected chi connectivity index (χ2v) is 7.37. The molecule has 4 atom stereocenters. The lowest BCUT2D eigenvalue weighted by Gasteiger charge is -2.24. The molecule has 4 unspecified atom stereocenters. The number of rotatable bonds is 14. The molecule has 14 heteroatoms. The number of nitrogens with two attached hydrogens (primary N) is 1. The Morgan fingerprint density at radius 3 is 1.71 bits per heavy atom. The minimum atomic E-state index is -1.60. The molecule has 0 fully saturated rings. The maximum absolute atomic E-state index is 12.6. The number of carboxylic acid groups (broad SMARTS) is 3. The van der Waals surface area contributed by atoms with E-state index in [4.69, 9.17) is 21.1 Å². The van der Waals surface area contributed by atoms with Crippen LogP contribution in [0.5, 0.6) is 0 Å². The van der Waals surface area contributed by atoms with Crippen LogP contribution < -0.4 is 21.7 Å². The van der Waals surface area contributed by atoms with Crippen molar-refractivity contribution in [2.45, 2.75) is 57.3 Å². The molecule has 0 heterocycles. The standard InChI is InChI=1S/C17H28N4O9S/c1-7(2)13(18)16(28)20-9(5-12(24)25)15(27)19-8(3-4-11(22)23)14(26)21-10(6-31)17(29)30/h7-10,13,31H,3-6,18H2,1-2H3,(H,19,27)(H,20,28)(H,21,26)(H,22,23)(H,24,25)(H,29,30). The molecule has 8 N–H and O–H groups in total. The van der Waals surface area contributed by atoms with Gasteiger partial charge >= 0.3 is 17.9 Å². The monoisotopic (exact) mass is 464 g/mol. The van der Waals surface area contributed by atoms with Gasteiger partial charge in [-0.1, -0.05) is 13.8 Å². The fraction of sp³-hybridized carbons (Fsp3) is 0.647. The average molecular weight is 464 g/mol. The van der Waals surface area contributed by atoms with Crippen molar-refractivity contribution in [2.75, 3.05) is 5.75 Å². The molecule has 0 aliphatic heterocycles. The van der Waals surface area contributed by atoms with Gasteiger partial charge in [-0.3, -0.25) is 24.0 Å². The van der Waals surface area contributed by atoms with E-state index in [-0.39, 0.29) is 11.7 Å². The topological polar surface area (TPSA) is 225 Å². The molecule has 3 amide bonds. The van der Waals surface area contributed by atoms with E-state index in [9.17, 15) is 28.8 Å². The molecule has 0 aliphatic carbocycles. The lowest BCUT2D eigenvalue weighted by Crippen LogP contribution is -2.58. The van der Waals surface area contributed by atoms with E-state index >= 15 is 0 Å². The van der Waals surface area contributed by atoms with Gasteiger partial charge in [0.15, 0.2) is 0 Å². The van der Waals surface area contributed by atoms with Gasteiger partial charge in [0, 0.05) is 12.2 Å². The number of carbonyl (C=O) groups is 6. The zero-order valence-corrected chi connectivity index (χ0v) is 17.9. The predicted octanol–water partition coefficient (Wildman–Crippen LogP) is -2.22. The molecule has 0 aromatic rings. The van der Waals surface area contributed by atoms with Crippen molar-refractivity contribution in [3.63, 3.8) is 0 Å². The summed E-state index contributed by atoms with van der Waals surface area (Å²) in [6, 6.07) is -5.53. The predicted molar refractivity (Wildman–Crippen MR) is 109 cm³/mol. The zero-order valence-electron chi connectivity index (χ0n) is 17.0. The van der Waals surface area contributed by atoms with E-state index in [1.54, 1.807) is 13.8 Å². The molecule has 0 saturated carbocycles. The summed E-state index contributed by atoms with van der Waals surface area (Å²) in [6.45, 7) is 3.28. The number of nitrogens with one attached hydrogen (secondary N) is 3. The highest BCUT2D eigenvalue weighted by molar-refractivity contribution is 7.80. The van der Waals surface area contributed by atoms with E-state index in [1.807, 2.05) is 0 Å². The maximum atomic E-state index is 12.6. The number of carbonyl (C=O) groups excluding carboxylic acids is 3. The number of amides is 3. The van der Waals surface area contributed by atoms with Crippen molar-refractivity contribution in [1.82, 2.24) is 16.0 Å². The third-order valence-corrected chi connectivity index (χ3v) is 4.47. The largest absolute Gasteiger partial charge is 0.481 e. The first-order valence-electron chi connectivity index (χ1n) is 9.24. The van der Waals surface area contributed by atoms with Crippen LogP contribution in [0.1, 0.15) is 33.1 Å². The number of hydrogen-bond donors (Lipinski definition) is 8. The van der Waals surface area contributed by atoms with Gasteiger partial charge in [-0.25, -0.2) is 4.79 Å². The lowest BCUT2D eigenvalue weighted by atomic mass is 10.0. The highest BCUT2D eigenvalue weighted by Gasteiger charge is 2.31. The molecular weight excluding hydrogens is 436 g/mol. The molecule has 0 radical (unpaired) electrons. The van der Waals surface area contributed by atoms with E-state index in [1.165, 1.54) is 0 Å². The van der Waals surface area contributed by atoms with Crippen LogP contribution in [-0.2, 0) is 28.8 Å². The molecule has 0 bridgehead atoms. The van der Waals surface area contributed by atoms with E-state index < -0.39 is 79.1 Å². The van der Waals surface area contributed by atoms with Gasteiger partial charge in [-0.15, -0.1) is 0 Å². The Labute approximate surface area is 183 Å². The Morgan fingerprint density at radius 2 is 1.29 bits per heavy atom. The third kappa shape index (κ3) is 10.6. The van der Waals surface area contributed by atoms with Crippen LogP contribution in [-0.4, -0.2) is 80.9 Å². The van der Waals surface area contributed by atoms with Crippen molar-refractivity contribution in [3.05, 3.63) is 0 Å². The molecule has 176 valence electrons. The van der Waals surface area contributed by atoms with Crippen LogP contribution in [0.25, 0.3) is 0 Å². The number of thiol groups is 1. The normalized spacial score (nSPS) is 14.6. The molecule has 0 aromatic heterocycles. The van der Waals surface area contributed by atoms with E-state index in [0.29, 0.717) is 0 Å². The summed E-state index contributed by atoms with van der Waals surface area (Å²) in [5.41, 5.74) is 5.68. The number of aliphatic carboxylic acids is 3. The first-order valence-corrected chi connectivity index (χ1v) is 9.87. The smallest absolute Gasteiger partial charge is 0.327 e. The van der Waals surface area contributed by atoms with Crippen LogP contribution in [0.15, 0.2) is 0 Å². The zero-order chi connectivity index (χ0) is 24.3. The molecule has 0 aliphatic rings. The summed E-state index contributed by atoms with van der Waals surface area (Å²) in [7, 11) is 0.